The minimum Gasteiger partial charge on any atom is -0.355 e. The molecule has 0 fully saturated rings. The number of nitrogens with one attached hydrogen (secondary N) is 2. The van der Waals surface area contributed by atoms with Gasteiger partial charge in [-0.05, 0) is 12.8 Å². The molecule has 0 bridgehead atoms. The minimum absolute atomic E-state index is 0.0366. The number of rotatable bonds is 9. The van der Waals surface area contributed by atoms with Crippen LogP contribution in [-0.2, 0) is 11.3 Å². The van der Waals surface area contributed by atoms with E-state index in [1.165, 1.54) is 0 Å². The number of carbonyl (C=O) groups excluding carboxylic acids is 1. The van der Waals surface area contributed by atoms with Crippen molar-refractivity contribution in [2.75, 3.05) is 19.6 Å². The van der Waals surface area contributed by atoms with E-state index in [-0.39, 0.29) is 5.91 Å². The van der Waals surface area contributed by atoms with Crippen molar-refractivity contribution >= 4 is 5.91 Å². The molecule has 1 rings (SSSR count). The second-order valence-corrected chi connectivity index (χ2v) is 3.78. The lowest BCUT2D eigenvalue weighted by atomic mass is 10.3. The number of aromatic nitrogens is 2. The maximum Gasteiger partial charge on any atom is 0.233 e. The largest absolute Gasteiger partial charge is 0.355 e. The first-order valence-corrected chi connectivity index (χ1v) is 5.87. The maximum absolute atomic E-state index is 11.3. The standard InChI is InChI=1S/C12H20N4O/c1-2-5-13-10-12(17)15-6-3-4-8-16-9-7-14-11-16/h2,7,9,11,13H,1,3-6,8,10H2,(H,15,17). The van der Waals surface area contributed by atoms with Crippen molar-refractivity contribution in [3.63, 3.8) is 0 Å². The van der Waals surface area contributed by atoms with Crippen molar-refractivity contribution in [2.24, 2.45) is 0 Å². The predicted molar refractivity (Wildman–Crippen MR) is 67.5 cm³/mol. The Morgan fingerprint density at radius 1 is 1.47 bits per heavy atom. The molecule has 0 aliphatic heterocycles. The molecule has 0 unspecified atom stereocenters. The first kappa shape index (κ1) is 13.4. The Labute approximate surface area is 102 Å². The van der Waals surface area contributed by atoms with Crippen LogP contribution < -0.4 is 10.6 Å². The van der Waals surface area contributed by atoms with Gasteiger partial charge in [0.05, 0.1) is 12.9 Å². The average molecular weight is 236 g/mol. The Kier molecular flexibility index (Phi) is 6.74. The van der Waals surface area contributed by atoms with Crippen LogP contribution in [0.4, 0.5) is 0 Å². The Morgan fingerprint density at radius 3 is 3.06 bits per heavy atom. The zero-order valence-corrected chi connectivity index (χ0v) is 10.1. The third-order valence-electron chi connectivity index (χ3n) is 2.30. The van der Waals surface area contributed by atoms with Gasteiger partial charge in [-0.25, -0.2) is 4.98 Å². The quantitative estimate of drug-likeness (QED) is 0.486. The van der Waals surface area contributed by atoms with E-state index in [1.807, 2.05) is 10.8 Å². The molecule has 2 N–H and O–H groups in total. The Bertz CT molecular complexity index is 321. The summed E-state index contributed by atoms with van der Waals surface area (Å²) in [5.41, 5.74) is 0. The molecule has 0 saturated heterocycles. The molecule has 1 aromatic heterocycles. The van der Waals surface area contributed by atoms with E-state index in [2.05, 4.69) is 22.2 Å². The highest BCUT2D eigenvalue weighted by Gasteiger charge is 1.98. The average Bonchev–Trinajstić information content (AvgIpc) is 2.82. The highest BCUT2D eigenvalue weighted by molar-refractivity contribution is 5.77. The molecule has 1 aromatic rings. The highest BCUT2D eigenvalue weighted by atomic mass is 16.1. The van der Waals surface area contributed by atoms with E-state index >= 15 is 0 Å². The van der Waals surface area contributed by atoms with Gasteiger partial charge in [-0.15, -0.1) is 6.58 Å². The van der Waals surface area contributed by atoms with Gasteiger partial charge in [0.15, 0.2) is 0 Å². The van der Waals surface area contributed by atoms with E-state index in [9.17, 15) is 4.79 Å². The summed E-state index contributed by atoms with van der Waals surface area (Å²) in [6, 6.07) is 0. The summed E-state index contributed by atoms with van der Waals surface area (Å²) >= 11 is 0. The first-order valence-electron chi connectivity index (χ1n) is 5.87. The van der Waals surface area contributed by atoms with Gasteiger partial charge in [0.25, 0.3) is 0 Å². The van der Waals surface area contributed by atoms with Crippen LogP contribution in [-0.4, -0.2) is 35.1 Å². The fourth-order valence-electron chi connectivity index (χ4n) is 1.42. The smallest absolute Gasteiger partial charge is 0.233 e. The van der Waals surface area contributed by atoms with Crippen LogP contribution in [0.3, 0.4) is 0 Å². The summed E-state index contributed by atoms with van der Waals surface area (Å²) in [6.07, 6.45) is 9.27. The molecule has 0 spiro atoms. The molecule has 5 heteroatoms. The fourth-order valence-corrected chi connectivity index (χ4v) is 1.42. The molecular weight excluding hydrogens is 216 g/mol. The van der Waals surface area contributed by atoms with Crippen LogP contribution in [0, 0.1) is 0 Å². The van der Waals surface area contributed by atoms with Crippen molar-refractivity contribution < 1.29 is 4.79 Å². The number of imidazole rings is 1. The second kappa shape index (κ2) is 8.52. The van der Waals surface area contributed by atoms with Crippen LogP contribution in [0.25, 0.3) is 0 Å². The number of unbranched alkanes of at least 4 members (excludes halogenated alkanes) is 1. The lowest BCUT2D eigenvalue weighted by Gasteiger charge is -2.05. The van der Waals surface area contributed by atoms with E-state index in [1.54, 1.807) is 18.6 Å². The van der Waals surface area contributed by atoms with Gasteiger partial charge >= 0.3 is 0 Å². The zero-order chi connectivity index (χ0) is 12.3. The van der Waals surface area contributed by atoms with Gasteiger partial charge in [-0.3, -0.25) is 4.79 Å². The van der Waals surface area contributed by atoms with Crippen molar-refractivity contribution in [1.82, 2.24) is 20.2 Å². The normalized spacial score (nSPS) is 10.1. The number of amides is 1. The van der Waals surface area contributed by atoms with Gasteiger partial charge < -0.3 is 15.2 Å². The molecule has 1 amide bonds. The van der Waals surface area contributed by atoms with Crippen LogP contribution >= 0.6 is 0 Å². The monoisotopic (exact) mass is 236 g/mol. The fraction of sp³-hybridized carbons (Fsp3) is 0.500. The predicted octanol–water partition coefficient (Wildman–Crippen LogP) is 0.555. The van der Waals surface area contributed by atoms with Crippen molar-refractivity contribution in [3.05, 3.63) is 31.4 Å². The molecule has 1 heterocycles. The van der Waals surface area contributed by atoms with E-state index in [0.717, 1.165) is 25.9 Å². The van der Waals surface area contributed by atoms with E-state index in [4.69, 9.17) is 0 Å². The van der Waals surface area contributed by atoms with Gasteiger partial charge in [0.1, 0.15) is 0 Å². The third kappa shape index (κ3) is 6.52. The van der Waals surface area contributed by atoms with Crippen molar-refractivity contribution in [3.8, 4) is 0 Å². The first-order chi connectivity index (χ1) is 8.33. The molecule has 0 aliphatic carbocycles. The lowest BCUT2D eigenvalue weighted by molar-refractivity contribution is -0.120. The molecule has 94 valence electrons. The van der Waals surface area contributed by atoms with Crippen molar-refractivity contribution in [2.45, 2.75) is 19.4 Å². The number of hydrogen-bond donors (Lipinski definition) is 2. The zero-order valence-electron chi connectivity index (χ0n) is 10.1. The lowest BCUT2D eigenvalue weighted by Crippen LogP contribution is -2.34. The van der Waals surface area contributed by atoms with Gasteiger partial charge in [-0.1, -0.05) is 6.08 Å². The molecule has 0 aromatic carbocycles. The molecule has 0 aliphatic rings. The maximum atomic E-state index is 11.3. The number of nitrogens with zero attached hydrogens (tertiary/aromatic N) is 2. The van der Waals surface area contributed by atoms with Gasteiger partial charge in [0.2, 0.25) is 5.91 Å². The topological polar surface area (TPSA) is 59.0 Å². The highest BCUT2D eigenvalue weighted by Crippen LogP contribution is 1.93. The summed E-state index contributed by atoms with van der Waals surface area (Å²) in [7, 11) is 0. The Morgan fingerprint density at radius 2 is 2.35 bits per heavy atom. The van der Waals surface area contributed by atoms with Crippen LogP contribution in [0.2, 0.25) is 0 Å². The molecule has 0 atom stereocenters. The summed E-state index contributed by atoms with van der Waals surface area (Å²) in [4.78, 5) is 15.3. The number of hydrogen-bond acceptors (Lipinski definition) is 3. The summed E-state index contributed by atoms with van der Waals surface area (Å²) in [5, 5.41) is 5.82. The van der Waals surface area contributed by atoms with E-state index in [0.29, 0.717) is 13.1 Å². The summed E-state index contributed by atoms with van der Waals surface area (Å²) in [6.45, 7) is 6.26. The van der Waals surface area contributed by atoms with E-state index < -0.39 is 0 Å². The Hall–Kier alpha value is -1.62. The molecule has 0 saturated carbocycles. The summed E-state index contributed by atoms with van der Waals surface area (Å²) in [5.74, 6) is 0.0366. The molecule has 17 heavy (non-hydrogen) atoms. The molecule has 5 nitrogen and oxygen atoms in total. The molecule has 0 radical (unpaired) electrons. The molecular formula is C12H20N4O. The number of carbonyl (C=O) groups is 1. The Balaban J connectivity index is 1.93. The van der Waals surface area contributed by atoms with Crippen LogP contribution in [0.1, 0.15) is 12.8 Å². The SMILES string of the molecule is C=CCNCC(=O)NCCCCn1ccnc1. The minimum atomic E-state index is 0.0366. The van der Waals surface area contributed by atoms with Crippen LogP contribution in [0.5, 0.6) is 0 Å². The van der Waals surface area contributed by atoms with Gasteiger partial charge in [-0.2, -0.15) is 0 Å². The third-order valence-corrected chi connectivity index (χ3v) is 2.30. The number of aryl methyl sites for hydroxylation is 1. The summed E-state index contributed by atoms with van der Waals surface area (Å²) < 4.78 is 2.04. The van der Waals surface area contributed by atoms with Crippen LogP contribution in [0.15, 0.2) is 31.4 Å². The van der Waals surface area contributed by atoms with Crippen molar-refractivity contribution in [1.29, 1.82) is 0 Å². The second-order valence-electron chi connectivity index (χ2n) is 3.78. The van der Waals surface area contributed by atoms with Gasteiger partial charge in [0, 0.05) is 32.0 Å².